The van der Waals surface area contributed by atoms with Crippen LogP contribution in [0.3, 0.4) is 0 Å². The number of nitrogens with one attached hydrogen (secondary N) is 1. The Labute approximate surface area is 205 Å². The van der Waals surface area contributed by atoms with Crippen molar-refractivity contribution in [2.24, 2.45) is 0 Å². The van der Waals surface area contributed by atoms with Gasteiger partial charge in [-0.05, 0) is 0 Å². The SMILES string of the molecule is O=P(O)(O)OP(=O)(O)OC1O[C@@H]([C@H](O)CO)[C@H](O)[C@H]1O.O=c1ccn([C@@H]2O[C@H](CO)[C@@H](O)[C@H]2O)c(=O)[nH]1. The Morgan fingerprint density at radius 3 is 2.11 bits per heavy atom. The van der Waals surface area contributed by atoms with Crippen LogP contribution in [0.5, 0.6) is 0 Å². The second-order valence-corrected chi connectivity index (χ2v) is 10.4. The molecule has 3 heterocycles. The van der Waals surface area contributed by atoms with Gasteiger partial charge < -0.3 is 59.9 Å². The number of nitrogens with zero attached hydrogens (tertiary/aromatic N) is 1. The van der Waals surface area contributed by atoms with Crippen LogP contribution in [0, 0.1) is 0 Å². The molecule has 0 bridgehead atoms. The molecular formula is C15H26N2O18P2. The number of H-pyrrole nitrogens is 1. The van der Waals surface area contributed by atoms with Gasteiger partial charge in [-0.2, -0.15) is 4.31 Å². The molecule has 0 aromatic carbocycles. The Morgan fingerprint density at radius 1 is 1.00 bits per heavy atom. The molecule has 2 unspecified atom stereocenters. The molecule has 0 aliphatic carbocycles. The largest absolute Gasteiger partial charge is 0.483 e. The number of phosphoric acid groups is 2. The fraction of sp³-hybridized carbons (Fsp3) is 0.733. The third-order valence-corrected chi connectivity index (χ3v) is 7.06. The number of ether oxygens (including phenoxy) is 2. The van der Waals surface area contributed by atoms with Gasteiger partial charge in [0.25, 0.3) is 5.56 Å². The minimum atomic E-state index is -5.35. The molecule has 22 heteroatoms. The Kier molecular flexibility index (Phi) is 10.8. The molecule has 0 amide bonds. The molecule has 1 aromatic rings. The quantitative estimate of drug-likeness (QED) is 0.127. The van der Waals surface area contributed by atoms with E-state index in [0.717, 1.165) is 16.8 Å². The van der Waals surface area contributed by atoms with Crippen LogP contribution in [-0.2, 0) is 27.4 Å². The highest BCUT2D eigenvalue weighted by Gasteiger charge is 2.50. The van der Waals surface area contributed by atoms with Crippen molar-refractivity contribution in [1.29, 1.82) is 0 Å². The Bertz CT molecular complexity index is 1110. The van der Waals surface area contributed by atoms with Gasteiger partial charge >= 0.3 is 21.3 Å². The summed E-state index contributed by atoms with van der Waals surface area (Å²) in [5.74, 6) is 0. The molecule has 37 heavy (non-hydrogen) atoms. The molecule has 2 fully saturated rings. The summed E-state index contributed by atoms with van der Waals surface area (Å²) in [6.45, 7) is -1.32. The van der Waals surface area contributed by atoms with Gasteiger partial charge in [-0.3, -0.25) is 18.9 Å². The summed E-state index contributed by atoms with van der Waals surface area (Å²) in [7, 11) is -10.6. The molecular weight excluding hydrogens is 558 g/mol. The van der Waals surface area contributed by atoms with Gasteiger partial charge in [0.2, 0.25) is 0 Å². The molecule has 0 saturated carbocycles. The van der Waals surface area contributed by atoms with E-state index in [1.54, 1.807) is 0 Å². The number of hydrogen-bond donors (Lipinski definition) is 11. The summed E-state index contributed by atoms with van der Waals surface area (Å²) in [5, 5.41) is 64.9. The summed E-state index contributed by atoms with van der Waals surface area (Å²) >= 11 is 0. The summed E-state index contributed by atoms with van der Waals surface area (Å²) in [6.07, 6.45) is -12.4. The highest BCUT2D eigenvalue weighted by atomic mass is 31.3. The third-order valence-electron chi connectivity index (χ3n) is 4.91. The molecule has 2 aliphatic heterocycles. The molecule has 0 radical (unpaired) electrons. The molecule has 11 N–H and O–H groups in total. The van der Waals surface area contributed by atoms with E-state index >= 15 is 0 Å². The first-order valence-electron chi connectivity index (χ1n) is 10.0. The first-order valence-corrected chi connectivity index (χ1v) is 13.1. The fourth-order valence-electron chi connectivity index (χ4n) is 3.20. The Morgan fingerprint density at radius 2 is 1.62 bits per heavy atom. The minimum Gasteiger partial charge on any atom is -0.394 e. The van der Waals surface area contributed by atoms with Crippen molar-refractivity contribution in [3.05, 3.63) is 33.1 Å². The first-order chi connectivity index (χ1) is 17.0. The van der Waals surface area contributed by atoms with Crippen LogP contribution in [0.4, 0.5) is 0 Å². The normalized spacial score (nSPS) is 34.4. The summed E-state index contributed by atoms with van der Waals surface area (Å²) < 4.78 is 40.0. The van der Waals surface area contributed by atoms with Crippen molar-refractivity contribution >= 4 is 15.6 Å². The number of hydrogen-bond acceptors (Lipinski definition) is 15. The number of aromatic amines is 1. The van der Waals surface area contributed by atoms with E-state index in [9.17, 15) is 44.3 Å². The van der Waals surface area contributed by atoms with E-state index in [2.05, 4.69) is 8.83 Å². The monoisotopic (exact) mass is 584 g/mol. The van der Waals surface area contributed by atoms with Crippen molar-refractivity contribution in [2.75, 3.05) is 13.2 Å². The minimum absolute atomic E-state index is 0.479. The second kappa shape index (κ2) is 12.6. The van der Waals surface area contributed by atoms with E-state index in [0.29, 0.717) is 0 Å². The lowest BCUT2D eigenvalue weighted by atomic mass is 10.1. The topological polar surface area (TPSA) is 328 Å². The van der Waals surface area contributed by atoms with Crippen LogP contribution in [0.15, 0.2) is 21.9 Å². The highest BCUT2D eigenvalue weighted by Crippen LogP contribution is 2.58. The van der Waals surface area contributed by atoms with Gasteiger partial charge in [-0.1, -0.05) is 0 Å². The lowest BCUT2D eigenvalue weighted by Crippen LogP contribution is -2.40. The smallest absolute Gasteiger partial charge is 0.394 e. The van der Waals surface area contributed by atoms with E-state index in [4.69, 9.17) is 34.4 Å². The predicted octanol–water partition coefficient (Wildman–Crippen LogP) is -5.84. The predicted molar refractivity (Wildman–Crippen MR) is 112 cm³/mol. The maximum atomic E-state index is 11.4. The number of aromatic nitrogens is 2. The maximum absolute atomic E-state index is 11.4. The standard InChI is InChI=1S/C9H12N2O6.C6H14O12P2/c12-3-4-6(14)7(15)8(17-4)11-2-1-5(13)10-9(11)16;7-1-2(8)5-3(9)4(10)6(16-5)17-20(14,15)18-19(11,12)13/h1-2,4,6-8,12,14-15H,3H2,(H,10,13,16);2-10H,1H2,(H,14,15)(H2,11,12,13)/t4-,6-,7-,8-;2-,3-,4-,5+,6?/m11/s1. The van der Waals surface area contributed by atoms with E-state index in [-0.39, 0.29) is 0 Å². The van der Waals surface area contributed by atoms with Crippen LogP contribution in [-0.4, -0.2) is 122 Å². The zero-order chi connectivity index (χ0) is 28.3. The van der Waals surface area contributed by atoms with Gasteiger partial charge in [0.15, 0.2) is 12.5 Å². The van der Waals surface area contributed by atoms with E-state index in [1.165, 1.54) is 0 Å². The van der Waals surface area contributed by atoms with Crippen molar-refractivity contribution in [1.82, 2.24) is 9.55 Å². The maximum Gasteiger partial charge on any atom is 0.483 e. The van der Waals surface area contributed by atoms with Gasteiger partial charge in [0.05, 0.1) is 13.2 Å². The van der Waals surface area contributed by atoms with Gasteiger partial charge in [-0.15, -0.1) is 0 Å². The fourth-order valence-corrected chi connectivity index (χ4v) is 4.87. The van der Waals surface area contributed by atoms with Crippen LogP contribution < -0.4 is 11.2 Å². The summed E-state index contributed by atoms with van der Waals surface area (Å²) in [4.78, 5) is 50.1. The molecule has 0 spiro atoms. The van der Waals surface area contributed by atoms with Crippen LogP contribution in [0.25, 0.3) is 0 Å². The zero-order valence-corrected chi connectivity index (χ0v) is 20.1. The van der Waals surface area contributed by atoms with E-state index in [1.807, 2.05) is 4.98 Å². The van der Waals surface area contributed by atoms with Crippen molar-refractivity contribution in [3.8, 4) is 0 Å². The van der Waals surface area contributed by atoms with Crippen LogP contribution in [0.2, 0.25) is 0 Å². The Hall–Kier alpha value is -1.42. The molecule has 20 nitrogen and oxygen atoms in total. The molecule has 10 atom stereocenters. The lowest BCUT2D eigenvalue weighted by molar-refractivity contribution is -0.143. The molecule has 214 valence electrons. The number of rotatable bonds is 8. The van der Waals surface area contributed by atoms with Gasteiger partial charge in [-0.25, -0.2) is 13.9 Å². The zero-order valence-electron chi connectivity index (χ0n) is 18.3. The van der Waals surface area contributed by atoms with Crippen molar-refractivity contribution in [2.45, 2.75) is 55.2 Å². The van der Waals surface area contributed by atoms with E-state index < -0.39 is 95.4 Å². The summed E-state index contributed by atoms with van der Waals surface area (Å²) in [5.41, 5.74) is -1.33. The first kappa shape index (κ1) is 31.8. The van der Waals surface area contributed by atoms with Gasteiger partial charge in [0, 0.05) is 12.3 Å². The average molecular weight is 584 g/mol. The van der Waals surface area contributed by atoms with Crippen LogP contribution >= 0.6 is 15.6 Å². The summed E-state index contributed by atoms with van der Waals surface area (Å²) in [6, 6.07) is 1.09. The third kappa shape index (κ3) is 8.28. The van der Waals surface area contributed by atoms with Gasteiger partial charge in [0.1, 0.15) is 42.7 Å². The highest BCUT2D eigenvalue weighted by molar-refractivity contribution is 7.60. The van der Waals surface area contributed by atoms with Crippen LogP contribution in [0.1, 0.15) is 6.23 Å². The molecule has 2 saturated heterocycles. The number of aliphatic hydroxyl groups is 7. The molecule has 2 aliphatic rings. The van der Waals surface area contributed by atoms with Crippen molar-refractivity contribution < 1.29 is 77.9 Å². The lowest BCUT2D eigenvalue weighted by Gasteiger charge is -2.19. The van der Waals surface area contributed by atoms with Crippen molar-refractivity contribution in [3.63, 3.8) is 0 Å². The average Bonchev–Trinajstić information content (AvgIpc) is 3.22. The molecule has 3 rings (SSSR count). The molecule has 1 aromatic heterocycles. The number of aliphatic hydroxyl groups excluding tert-OH is 7. The number of phosphoric ester groups is 1. The second-order valence-electron chi connectivity index (χ2n) is 7.59. The Balaban J connectivity index is 0.000000263.